The largest absolute Gasteiger partial charge is 0.437 e. The van der Waals surface area contributed by atoms with Crippen molar-refractivity contribution in [2.45, 2.75) is 25.7 Å². The van der Waals surface area contributed by atoms with Gasteiger partial charge in [-0.15, -0.1) is 0 Å². The van der Waals surface area contributed by atoms with Crippen molar-refractivity contribution in [1.82, 2.24) is 9.97 Å². The number of pyridine rings is 2. The molecule has 0 spiro atoms. The molecule has 4 nitrogen and oxygen atoms in total. The molecular weight excluding hydrogens is 270 g/mol. The summed E-state index contributed by atoms with van der Waals surface area (Å²) in [5.41, 5.74) is 8.82. The Balaban J connectivity index is 2.02. The summed E-state index contributed by atoms with van der Waals surface area (Å²) >= 11 is 5.11. The lowest BCUT2D eigenvalue weighted by atomic mass is 9.95. The van der Waals surface area contributed by atoms with Gasteiger partial charge in [0, 0.05) is 11.9 Å². The van der Waals surface area contributed by atoms with Crippen molar-refractivity contribution >= 4 is 17.2 Å². The molecule has 2 heterocycles. The third-order valence-electron chi connectivity index (χ3n) is 3.38. The molecule has 0 saturated carbocycles. The Morgan fingerprint density at radius 1 is 1.30 bits per heavy atom. The maximum Gasteiger partial charge on any atom is 0.229 e. The minimum absolute atomic E-state index is 0.310. The first kappa shape index (κ1) is 13.0. The molecule has 0 atom stereocenters. The van der Waals surface area contributed by atoms with Crippen molar-refractivity contribution in [3.63, 3.8) is 0 Å². The van der Waals surface area contributed by atoms with E-state index in [2.05, 4.69) is 9.97 Å². The fourth-order valence-electron chi connectivity index (χ4n) is 2.39. The van der Waals surface area contributed by atoms with E-state index in [0.717, 1.165) is 18.5 Å². The highest BCUT2D eigenvalue weighted by atomic mass is 32.1. The molecule has 20 heavy (non-hydrogen) atoms. The molecule has 1 aliphatic carbocycles. The Morgan fingerprint density at radius 2 is 2.15 bits per heavy atom. The van der Waals surface area contributed by atoms with Gasteiger partial charge in [-0.3, -0.25) is 4.98 Å². The van der Waals surface area contributed by atoms with Crippen LogP contribution in [0.25, 0.3) is 0 Å². The van der Waals surface area contributed by atoms with E-state index in [1.807, 2.05) is 18.2 Å². The number of rotatable bonds is 3. The molecule has 1 aliphatic rings. The van der Waals surface area contributed by atoms with Gasteiger partial charge in [0.1, 0.15) is 10.7 Å². The Kier molecular flexibility index (Phi) is 3.60. The Morgan fingerprint density at radius 3 is 2.90 bits per heavy atom. The van der Waals surface area contributed by atoms with Crippen molar-refractivity contribution in [2.24, 2.45) is 5.73 Å². The zero-order valence-electron chi connectivity index (χ0n) is 11.0. The zero-order valence-corrected chi connectivity index (χ0v) is 11.8. The van der Waals surface area contributed by atoms with Crippen molar-refractivity contribution in [3.8, 4) is 11.6 Å². The van der Waals surface area contributed by atoms with Crippen LogP contribution in [0.15, 0.2) is 30.6 Å². The van der Waals surface area contributed by atoms with Crippen LogP contribution >= 0.6 is 12.2 Å². The van der Waals surface area contributed by atoms with Crippen LogP contribution in [0.2, 0.25) is 0 Å². The van der Waals surface area contributed by atoms with Crippen LogP contribution in [0.1, 0.15) is 29.7 Å². The Labute approximate surface area is 123 Å². The molecule has 2 aromatic heterocycles. The van der Waals surface area contributed by atoms with Crippen LogP contribution in [0, 0.1) is 0 Å². The highest BCUT2D eigenvalue weighted by Crippen LogP contribution is 2.28. The first-order valence-electron chi connectivity index (χ1n) is 6.64. The zero-order chi connectivity index (χ0) is 13.9. The molecular formula is C15H15N3OS. The summed E-state index contributed by atoms with van der Waals surface area (Å²) < 4.78 is 5.80. The number of hydrogen-bond acceptors (Lipinski definition) is 4. The molecule has 0 aromatic carbocycles. The van der Waals surface area contributed by atoms with Gasteiger partial charge in [-0.1, -0.05) is 12.2 Å². The molecule has 2 aromatic rings. The summed E-state index contributed by atoms with van der Waals surface area (Å²) in [7, 11) is 0. The fraction of sp³-hybridized carbons (Fsp3) is 0.267. The van der Waals surface area contributed by atoms with Crippen LogP contribution in [0.4, 0.5) is 0 Å². The molecule has 2 N–H and O–H groups in total. The fourth-order valence-corrected chi connectivity index (χ4v) is 2.53. The normalized spacial score (nSPS) is 13.6. The summed E-state index contributed by atoms with van der Waals surface area (Å²) in [6.07, 6.45) is 7.71. The van der Waals surface area contributed by atoms with Gasteiger partial charge in [-0.05, 0) is 49.4 Å². The Hall–Kier alpha value is -2.01. The third-order valence-corrected chi connectivity index (χ3v) is 3.60. The topological polar surface area (TPSA) is 61.0 Å². The van der Waals surface area contributed by atoms with Crippen molar-refractivity contribution in [2.75, 3.05) is 0 Å². The monoisotopic (exact) mass is 285 g/mol. The lowest BCUT2D eigenvalue weighted by Crippen LogP contribution is -2.15. The van der Waals surface area contributed by atoms with E-state index >= 15 is 0 Å². The summed E-state index contributed by atoms with van der Waals surface area (Å²) in [4.78, 5) is 8.95. The van der Waals surface area contributed by atoms with Crippen LogP contribution in [-0.2, 0) is 12.8 Å². The number of ether oxygens (including phenoxy) is 1. The van der Waals surface area contributed by atoms with Gasteiger partial charge in [-0.25, -0.2) is 4.98 Å². The summed E-state index contributed by atoms with van der Waals surface area (Å²) in [6, 6.07) is 5.67. The van der Waals surface area contributed by atoms with Crippen LogP contribution < -0.4 is 10.5 Å². The maximum absolute atomic E-state index is 5.80. The van der Waals surface area contributed by atoms with Gasteiger partial charge in [0.2, 0.25) is 5.88 Å². The molecule has 0 bridgehead atoms. The van der Waals surface area contributed by atoms with Gasteiger partial charge in [0.25, 0.3) is 0 Å². The molecule has 0 aliphatic heterocycles. The van der Waals surface area contributed by atoms with E-state index in [9.17, 15) is 0 Å². The number of aryl methyl sites for hydroxylation is 2. The SMILES string of the molecule is NC(=S)c1cc2c(nc1Oc1cccnc1)CCCC2. The molecule has 0 unspecified atom stereocenters. The predicted octanol–water partition coefficient (Wildman–Crippen LogP) is 2.78. The minimum atomic E-state index is 0.310. The second kappa shape index (κ2) is 5.54. The van der Waals surface area contributed by atoms with E-state index in [1.165, 1.54) is 18.4 Å². The number of thiocarbonyl (C=S) groups is 1. The maximum atomic E-state index is 5.80. The van der Waals surface area contributed by atoms with E-state index < -0.39 is 0 Å². The average molecular weight is 285 g/mol. The number of hydrogen-bond donors (Lipinski definition) is 1. The van der Waals surface area contributed by atoms with Gasteiger partial charge in [0.15, 0.2) is 0 Å². The summed E-state index contributed by atoms with van der Waals surface area (Å²) in [5.74, 6) is 1.11. The minimum Gasteiger partial charge on any atom is -0.437 e. The number of aromatic nitrogens is 2. The van der Waals surface area contributed by atoms with E-state index in [4.69, 9.17) is 22.7 Å². The predicted molar refractivity (Wildman–Crippen MR) is 81.1 cm³/mol. The highest BCUT2D eigenvalue weighted by Gasteiger charge is 2.17. The number of nitrogens with two attached hydrogens (primary N) is 1. The average Bonchev–Trinajstić information content (AvgIpc) is 2.47. The van der Waals surface area contributed by atoms with Crippen molar-refractivity contribution < 1.29 is 4.74 Å². The van der Waals surface area contributed by atoms with Crippen LogP contribution in [0.5, 0.6) is 11.6 Å². The van der Waals surface area contributed by atoms with Gasteiger partial charge in [0.05, 0.1) is 11.8 Å². The van der Waals surface area contributed by atoms with Crippen molar-refractivity contribution in [3.05, 3.63) is 47.4 Å². The molecule has 0 saturated heterocycles. The van der Waals surface area contributed by atoms with Gasteiger partial charge in [-0.2, -0.15) is 0 Å². The number of fused-ring (bicyclic) bond motifs is 1. The van der Waals surface area contributed by atoms with Crippen LogP contribution in [-0.4, -0.2) is 15.0 Å². The second-order valence-electron chi connectivity index (χ2n) is 4.81. The summed E-state index contributed by atoms with van der Waals surface area (Å²) in [5, 5.41) is 0. The van der Waals surface area contributed by atoms with E-state index in [0.29, 0.717) is 22.2 Å². The molecule has 102 valence electrons. The van der Waals surface area contributed by atoms with E-state index in [-0.39, 0.29) is 0 Å². The molecule has 3 rings (SSSR count). The molecule has 0 fully saturated rings. The molecule has 0 amide bonds. The lowest BCUT2D eigenvalue weighted by molar-refractivity contribution is 0.455. The van der Waals surface area contributed by atoms with Gasteiger partial charge < -0.3 is 10.5 Å². The second-order valence-corrected chi connectivity index (χ2v) is 5.25. The summed E-state index contributed by atoms with van der Waals surface area (Å²) in [6.45, 7) is 0. The van der Waals surface area contributed by atoms with E-state index in [1.54, 1.807) is 12.4 Å². The Bertz CT molecular complexity index is 643. The lowest BCUT2D eigenvalue weighted by Gasteiger charge is -2.18. The smallest absolute Gasteiger partial charge is 0.229 e. The third kappa shape index (κ3) is 2.63. The molecule has 0 radical (unpaired) electrons. The first-order chi connectivity index (χ1) is 9.74. The standard InChI is InChI=1S/C15H15N3OS/c16-14(20)12-8-10-4-1-2-6-13(10)18-15(12)19-11-5-3-7-17-9-11/h3,5,7-9H,1-2,4,6H2,(H2,16,20). The van der Waals surface area contributed by atoms with Gasteiger partial charge >= 0.3 is 0 Å². The quantitative estimate of drug-likeness (QED) is 0.879. The van der Waals surface area contributed by atoms with Crippen molar-refractivity contribution in [1.29, 1.82) is 0 Å². The first-order valence-corrected chi connectivity index (χ1v) is 7.05. The number of nitrogens with zero attached hydrogens (tertiary/aromatic N) is 2. The van der Waals surface area contributed by atoms with Crippen LogP contribution in [0.3, 0.4) is 0 Å². The highest BCUT2D eigenvalue weighted by molar-refractivity contribution is 7.80. The molecule has 5 heteroatoms.